The van der Waals surface area contributed by atoms with Crippen LogP contribution in [0.3, 0.4) is 0 Å². The maximum Gasteiger partial charge on any atom is 0.175 e. The maximum atomic E-state index is 11.3. The second-order valence-corrected chi connectivity index (χ2v) is 7.26. The third-order valence-corrected chi connectivity index (χ3v) is 4.59. The van der Waals surface area contributed by atoms with Crippen LogP contribution in [0.4, 0.5) is 0 Å². The average Bonchev–Trinajstić information content (AvgIpc) is 2.27. The molecule has 0 aliphatic rings. The van der Waals surface area contributed by atoms with Crippen molar-refractivity contribution in [2.24, 2.45) is 5.73 Å². The molecule has 0 spiro atoms. The van der Waals surface area contributed by atoms with Gasteiger partial charge in [0.15, 0.2) is 9.84 Å². The fourth-order valence-electron chi connectivity index (χ4n) is 1.39. The molecule has 1 rings (SSSR count). The molecule has 0 saturated heterocycles. The maximum absolute atomic E-state index is 11.3. The van der Waals surface area contributed by atoms with Crippen molar-refractivity contribution >= 4 is 27.4 Å². The molecule has 100 valence electrons. The van der Waals surface area contributed by atoms with Gasteiger partial charge in [0.1, 0.15) is 0 Å². The molecule has 0 amide bonds. The van der Waals surface area contributed by atoms with Crippen LogP contribution in [-0.2, 0) is 9.84 Å². The number of hydrogen-bond acceptors (Lipinski definition) is 4. The van der Waals surface area contributed by atoms with Crippen LogP contribution in [0.5, 0.6) is 0 Å². The highest BCUT2D eigenvalue weighted by Crippen LogP contribution is 2.21. The Morgan fingerprint density at radius 2 is 1.89 bits per heavy atom. The molecule has 0 aliphatic heterocycles. The monoisotopic (exact) mass is 286 g/mol. The zero-order chi connectivity index (χ0) is 13.6. The van der Waals surface area contributed by atoms with Crippen LogP contribution in [-0.4, -0.2) is 26.3 Å². The summed E-state index contributed by atoms with van der Waals surface area (Å²) in [7, 11) is -3.10. The van der Waals surface area contributed by atoms with Crippen molar-refractivity contribution < 1.29 is 8.42 Å². The number of sulfone groups is 1. The molecule has 4 nitrogen and oxygen atoms in total. The Balaban J connectivity index is 2.38. The predicted molar refractivity (Wildman–Crippen MR) is 76.0 cm³/mol. The lowest BCUT2D eigenvalue weighted by Gasteiger charge is -2.03. The molecule has 18 heavy (non-hydrogen) atoms. The fraction of sp³-hybridized carbons (Fsp3) is 0.417. The number of thioether (sulfide) groups is 1. The topological polar surface area (TPSA) is 84.0 Å². The van der Waals surface area contributed by atoms with Gasteiger partial charge < -0.3 is 5.73 Å². The Bertz CT molecular complexity index is 495. The van der Waals surface area contributed by atoms with Crippen LogP contribution in [0.1, 0.15) is 19.3 Å². The normalized spacial score (nSPS) is 11.4. The largest absolute Gasteiger partial charge is 0.388 e. The minimum atomic E-state index is -3.10. The molecule has 6 heteroatoms. The molecule has 0 atom stereocenters. The Morgan fingerprint density at radius 1 is 1.28 bits per heavy atom. The number of nitrogens with one attached hydrogen (secondary N) is 1. The van der Waals surface area contributed by atoms with Gasteiger partial charge >= 0.3 is 0 Å². The van der Waals surface area contributed by atoms with E-state index in [4.69, 9.17) is 11.1 Å². The van der Waals surface area contributed by atoms with Crippen LogP contribution >= 0.6 is 11.8 Å². The summed E-state index contributed by atoms with van der Waals surface area (Å²) in [6.07, 6.45) is 3.77. The summed E-state index contributed by atoms with van der Waals surface area (Å²) >= 11 is 1.69. The van der Waals surface area contributed by atoms with Gasteiger partial charge in [0.05, 0.1) is 10.7 Å². The molecule has 3 N–H and O–H groups in total. The summed E-state index contributed by atoms with van der Waals surface area (Å²) in [4.78, 5) is 1.41. The summed E-state index contributed by atoms with van der Waals surface area (Å²) in [5.74, 6) is 1.18. The third-order valence-electron chi connectivity index (χ3n) is 2.36. The first-order valence-electron chi connectivity index (χ1n) is 5.65. The molecule has 1 aromatic carbocycles. The average molecular weight is 286 g/mol. The highest BCUT2D eigenvalue weighted by molar-refractivity contribution is 7.99. The summed E-state index contributed by atoms with van der Waals surface area (Å²) in [6.45, 7) is 0. The molecule has 1 aromatic rings. The van der Waals surface area contributed by atoms with Crippen molar-refractivity contribution in [2.45, 2.75) is 29.1 Å². The van der Waals surface area contributed by atoms with Crippen LogP contribution in [0.2, 0.25) is 0 Å². The van der Waals surface area contributed by atoms with Crippen molar-refractivity contribution in [1.82, 2.24) is 0 Å². The van der Waals surface area contributed by atoms with E-state index in [0.717, 1.165) is 23.5 Å². The highest BCUT2D eigenvalue weighted by atomic mass is 32.2. The van der Waals surface area contributed by atoms with Gasteiger partial charge in [0.2, 0.25) is 0 Å². The van der Waals surface area contributed by atoms with Crippen LogP contribution in [0, 0.1) is 5.41 Å². The Hall–Kier alpha value is -1.01. The number of nitrogens with two attached hydrogens (primary N) is 1. The van der Waals surface area contributed by atoms with Crippen LogP contribution < -0.4 is 5.73 Å². The van der Waals surface area contributed by atoms with Crippen molar-refractivity contribution in [3.05, 3.63) is 24.3 Å². The van der Waals surface area contributed by atoms with Crippen molar-refractivity contribution in [3.8, 4) is 0 Å². The van der Waals surface area contributed by atoms with E-state index in [-0.39, 0.29) is 5.84 Å². The molecule has 0 radical (unpaired) electrons. The lowest BCUT2D eigenvalue weighted by atomic mass is 10.2. The minimum Gasteiger partial charge on any atom is -0.388 e. The first-order valence-corrected chi connectivity index (χ1v) is 8.53. The van der Waals surface area contributed by atoms with E-state index in [2.05, 4.69) is 0 Å². The van der Waals surface area contributed by atoms with E-state index in [9.17, 15) is 8.42 Å². The smallest absolute Gasteiger partial charge is 0.175 e. The van der Waals surface area contributed by atoms with Crippen LogP contribution in [0.15, 0.2) is 34.1 Å². The summed E-state index contributed by atoms with van der Waals surface area (Å²) in [5, 5.41) is 7.09. The minimum absolute atomic E-state index is 0.234. The third kappa shape index (κ3) is 5.55. The lowest BCUT2D eigenvalue weighted by Crippen LogP contribution is -2.08. The lowest BCUT2D eigenvalue weighted by molar-refractivity contribution is 0.602. The Labute approximate surface area is 112 Å². The number of unbranched alkanes of at least 4 members (excludes halogenated alkanes) is 1. The molecule has 0 saturated carbocycles. The second-order valence-electron chi connectivity index (χ2n) is 4.07. The van der Waals surface area contributed by atoms with Crippen LogP contribution in [0.25, 0.3) is 0 Å². The van der Waals surface area contributed by atoms with Gasteiger partial charge in [-0.15, -0.1) is 11.8 Å². The van der Waals surface area contributed by atoms with E-state index in [1.54, 1.807) is 23.9 Å². The van der Waals surface area contributed by atoms with Gasteiger partial charge in [0, 0.05) is 17.6 Å². The van der Waals surface area contributed by atoms with Crippen molar-refractivity contribution in [2.75, 3.05) is 12.0 Å². The van der Waals surface area contributed by atoms with E-state index in [1.807, 2.05) is 12.1 Å². The molecule has 0 heterocycles. The fourth-order valence-corrected chi connectivity index (χ4v) is 2.93. The predicted octanol–water partition coefficient (Wildman–Crippen LogP) is 2.29. The van der Waals surface area contributed by atoms with Gasteiger partial charge in [-0.2, -0.15) is 0 Å². The Morgan fingerprint density at radius 3 is 2.39 bits per heavy atom. The molecular formula is C12H18N2O2S2. The SMILES string of the molecule is CS(=O)(=O)c1ccc(SCCCCC(=N)N)cc1. The van der Waals surface area contributed by atoms with E-state index in [1.165, 1.54) is 6.26 Å². The zero-order valence-electron chi connectivity index (χ0n) is 10.3. The summed E-state index contributed by atoms with van der Waals surface area (Å²) in [6, 6.07) is 6.92. The quantitative estimate of drug-likeness (QED) is 0.348. The van der Waals surface area contributed by atoms with Gasteiger partial charge in [0.25, 0.3) is 0 Å². The zero-order valence-corrected chi connectivity index (χ0v) is 12.0. The number of benzene rings is 1. The van der Waals surface area contributed by atoms with Gasteiger partial charge in [-0.25, -0.2) is 8.42 Å². The van der Waals surface area contributed by atoms with Gasteiger partial charge in [-0.05, 0) is 42.9 Å². The molecular weight excluding hydrogens is 268 g/mol. The summed E-state index contributed by atoms with van der Waals surface area (Å²) < 4.78 is 22.5. The molecule has 0 fully saturated rings. The van der Waals surface area contributed by atoms with Crippen molar-refractivity contribution in [3.63, 3.8) is 0 Å². The molecule has 0 bridgehead atoms. The number of hydrogen-bond donors (Lipinski definition) is 2. The standard InChI is InChI=1S/C12H18N2O2S2/c1-18(15,16)11-7-5-10(6-8-11)17-9-3-2-4-12(13)14/h5-8H,2-4,9H2,1H3,(H3,13,14). The second kappa shape index (κ2) is 6.80. The Kier molecular flexibility index (Phi) is 5.68. The summed E-state index contributed by atoms with van der Waals surface area (Å²) in [5.41, 5.74) is 5.26. The van der Waals surface area contributed by atoms with Gasteiger partial charge in [-0.3, -0.25) is 5.41 Å². The highest BCUT2D eigenvalue weighted by Gasteiger charge is 2.05. The number of rotatable bonds is 7. The van der Waals surface area contributed by atoms with E-state index >= 15 is 0 Å². The van der Waals surface area contributed by atoms with E-state index in [0.29, 0.717) is 11.3 Å². The molecule has 0 unspecified atom stereocenters. The van der Waals surface area contributed by atoms with Gasteiger partial charge in [-0.1, -0.05) is 0 Å². The van der Waals surface area contributed by atoms with E-state index < -0.39 is 9.84 Å². The van der Waals surface area contributed by atoms with Crippen molar-refractivity contribution in [1.29, 1.82) is 5.41 Å². The number of amidine groups is 1. The first kappa shape index (κ1) is 15.0. The molecule has 0 aliphatic carbocycles. The molecule has 0 aromatic heterocycles. The first-order chi connectivity index (χ1) is 8.39.